The van der Waals surface area contributed by atoms with Crippen molar-refractivity contribution in [2.45, 2.75) is 25.9 Å². The van der Waals surface area contributed by atoms with Crippen LogP contribution in [0.15, 0.2) is 42.6 Å². The van der Waals surface area contributed by atoms with Crippen LogP contribution in [0, 0.1) is 40.8 Å². The Balaban J connectivity index is 1.19. The zero-order chi connectivity index (χ0) is 21.5. The van der Waals surface area contributed by atoms with Gasteiger partial charge in [0.15, 0.2) is 11.5 Å². The average molecular weight is 417 g/mol. The number of nitrogens with zero attached hydrogens (tertiary/aromatic N) is 4. The standard InChI is InChI=1S/C23H20FN5O2/c1-12(23(30)27-21-5-3-14(11-25)28-29-21)22-16-9-15(10-17(16)22)31-20-6-7-26-19-4-2-13(24)8-18(19)20/h2-8,12,15-17,22H,9-10H2,1H3,(H,27,29,30). The van der Waals surface area contributed by atoms with E-state index < -0.39 is 0 Å². The van der Waals surface area contributed by atoms with E-state index in [0.29, 0.717) is 40.2 Å². The van der Waals surface area contributed by atoms with Gasteiger partial charge in [-0.1, -0.05) is 6.92 Å². The molecule has 2 aromatic heterocycles. The van der Waals surface area contributed by atoms with Gasteiger partial charge in [0.25, 0.3) is 0 Å². The predicted molar refractivity (Wildman–Crippen MR) is 110 cm³/mol. The van der Waals surface area contributed by atoms with Gasteiger partial charge in [-0.25, -0.2) is 4.39 Å². The largest absolute Gasteiger partial charge is 0.490 e. The van der Waals surface area contributed by atoms with Crippen LogP contribution in [-0.4, -0.2) is 27.2 Å². The van der Waals surface area contributed by atoms with Crippen molar-refractivity contribution in [3.63, 3.8) is 0 Å². The summed E-state index contributed by atoms with van der Waals surface area (Å²) in [6.07, 6.45) is 3.48. The summed E-state index contributed by atoms with van der Waals surface area (Å²) < 4.78 is 19.9. The van der Waals surface area contributed by atoms with E-state index in [4.69, 9.17) is 10.00 Å². The molecule has 31 heavy (non-hydrogen) atoms. The van der Waals surface area contributed by atoms with Crippen molar-refractivity contribution in [1.29, 1.82) is 5.26 Å². The van der Waals surface area contributed by atoms with Crippen molar-refractivity contribution < 1.29 is 13.9 Å². The number of carbonyl (C=O) groups is 1. The SMILES string of the molecule is CC(C(=O)Nc1ccc(C#N)nn1)C1C2CC(Oc3ccnc4ccc(F)cc34)CC21. The third-order valence-corrected chi connectivity index (χ3v) is 6.45. The quantitative estimate of drug-likeness (QED) is 0.679. The summed E-state index contributed by atoms with van der Waals surface area (Å²) in [6, 6.07) is 11.3. The fraction of sp³-hybridized carbons (Fsp3) is 0.348. The Labute approximate surface area is 178 Å². The summed E-state index contributed by atoms with van der Waals surface area (Å²) in [7, 11) is 0. The van der Waals surface area contributed by atoms with Gasteiger partial charge >= 0.3 is 0 Å². The summed E-state index contributed by atoms with van der Waals surface area (Å²) in [5.74, 6) is 1.66. The molecule has 2 saturated carbocycles. The molecule has 2 aliphatic carbocycles. The molecule has 5 rings (SSSR count). The minimum Gasteiger partial charge on any atom is -0.490 e. The highest BCUT2D eigenvalue weighted by molar-refractivity contribution is 5.92. The maximum atomic E-state index is 13.7. The first kappa shape index (κ1) is 19.4. The Morgan fingerprint density at radius 3 is 2.74 bits per heavy atom. The van der Waals surface area contributed by atoms with E-state index in [1.54, 1.807) is 24.4 Å². The molecule has 8 heteroatoms. The molecule has 2 heterocycles. The number of halogens is 1. The molecule has 7 nitrogen and oxygen atoms in total. The molecule has 2 aliphatic rings. The second-order valence-electron chi connectivity index (χ2n) is 8.28. The number of carbonyl (C=O) groups excluding carboxylic acids is 1. The first-order valence-electron chi connectivity index (χ1n) is 10.3. The van der Waals surface area contributed by atoms with Crippen LogP contribution in [0.1, 0.15) is 25.5 Å². The van der Waals surface area contributed by atoms with Gasteiger partial charge in [-0.05, 0) is 67.0 Å². The molecule has 1 amide bonds. The zero-order valence-electron chi connectivity index (χ0n) is 16.8. The molecular formula is C23H20FN5O2. The van der Waals surface area contributed by atoms with Gasteiger partial charge in [-0.3, -0.25) is 9.78 Å². The van der Waals surface area contributed by atoms with Gasteiger partial charge in [0.2, 0.25) is 5.91 Å². The number of anilines is 1. The maximum absolute atomic E-state index is 13.7. The number of benzene rings is 1. The molecule has 0 spiro atoms. The van der Waals surface area contributed by atoms with E-state index in [-0.39, 0.29) is 29.4 Å². The summed E-state index contributed by atoms with van der Waals surface area (Å²) >= 11 is 0. The number of rotatable bonds is 5. The number of pyridine rings is 1. The van der Waals surface area contributed by atoms with E-state index >= 15 is 0 Å². The van der Waals surface area contributed by atoms with Gasteiger partial charge in [-0.2, -0.15) is 5.26 Å². The monoisotopic (exact) mass is 417 g/mol. The molecular weight excluding hydrogens is 397 g/mol. The summed E-state index contributed by atoms with van der Waals surface area (Å²) in [5, 5.41) is 19.8. The van der Waals surface area contributed by atoms with Crippen LogP contribution in [-0.2, 0) is 4.79 Å². The van der Waals surface area contributed by atoms with Crippen LogP contribution in [0.2, 0.25) is 0 Å². The van der Waals surface area contributed by atoms with E-state index in [2.05, 4.69) is 20.5 Å². The summed E-state index contributed by atoms with van der Waals surface area (Å²) in [4.78, 5) is 16.9. The Kier molecular flexibility index (Phi) is 4.74. The number of nitrogens with one attached hydrogen (secondary N) is 1. The first-order valence-corrected chi connectivity index (χ1v) is 10.3. The van der Waals surface area contributed by atoms with Crippen molar-refractivity contribution >= 4 is 22.6 Å². The molecule has 3 aromatic rings. The van der Waals surface area contributed by atoms with Gasteiger partial charge in [-0.15, -0.1) is 10.2 Å². The van der Waals surface area contributed by atoms with Crippen LogP contribution in [0.4, 0.5) is 10.2 Å². The van der Waals surface area contributed by atoms with E-state index in [9.17, 15) is 9.18 Å². The van der Waals surface area contributed by atoms with Gasteiger partial charge < -0.3 is 10.1 Å². The van der Waals surface area contributed by atoms with Crippen molar-refractivity contribution in [2.75, 3.05) is 5.32 Å². The fourth-order valence-corrected chi connectivity index (χ4v) is 4.93. The number of hydrogen-bond donors (Lipinski definition) is 1. The fourth-order valence-electron chi connectivity index (χ4n) is 4.93. The zero-order valence-corrected chi connectivity index (χ0v) is 16.8. The van der Waals surface area contributed by atoms with Crippen molar-refractivity contribution in [3.05, 3.63) is 54.1 Å². The number of aromatic nitrogens is 3. The lowest BCUT2D eigenvalue weighted by molar-refractivity contribution is -0.120. The number of nitriles is 1. The van der Waals surface area contributed by atoms with E-state index in [1.807, 2.05) is 13.0 Å². The maximum Gasteiger partial charge on any atom is 0.228 e. The molecule has 1 aromatic carbocycles. The highest BCUT2D eigenvalue weighted by Gasteiger charge is 2.59. The van der Waals surface area contributed by atoms with Crippen LogP contribution < -0.4 is 10.1 Å². The van der Waals surface area contributed by atoms with Crippen LogP contribution in [0.25, 0.3) is 10.9 Å². The Bertz CT molecular complexity index is 1180. The van der Waals surface area contributed by atoms with Crippen molar-refractivity contribution in [1.82, 2.24) is 15.2 Å². The van der Waals surface area contributed by atoms with Crippen LogP contribution in [0.5, 0.6) is 5.75 Å². The van der Waals surface area contributed by atoms with Gasteiger partial charge in [0, 0.05) is 17.5 Å². The molecule has 2 fully saturated rings. The van der Waals surface area contributed by atoms with Gasteiger partial charge in [0.1, 0.15) is 17.6 Å². The molecule has 0 aliphatic heterocycles. The van der Waals surface area contributed by atoms with Crippen molar-refractivity contribution in [2.24, 2.45) is 23.7 Å². The number of fused-ring (bicyclic) bond motifs is 2. The Morgan fingerprint density at radius 1 is 1.23 bits per heavy atom. The molecule has 3 atom stereocenters. The molecule has 0 saturated heterocycles. The van der Waals surface area contributed by atoms with E-state index in [0.717, 1.165) is 12.8 Å². The lowest BCUT2D eigenvalue weighted by atomic mass is 9.97. The highest BCUT2D eigenvalue weighted by atomic mass is 19.1. The third kappa shape index (κ3) is 3.67. The lowest BCUT2D eigenvalue weighted by Gasteiger charge is -2.20. The molecule has 3 unspecified atom stereocenters. The third-order valence-electron chi connectivity index (χ3n) is 6.45. The lowest BCUT2D eigenvalue weighted by Crippen LogP contribution is -2.26. The number of amides is 1. The minimum atomic E-state index is -0.313. The highest BCUT2D eigenvalue weighted by Crippen LogP contribution is 2.61. The molecule has 1 N–H and O–H groups in total. The van der Waals surface area contributed by atoms with Crippen LogP contribution >= 0.6 is 0 Å². The van der Waals surface area contributed by atoms with Gasteiger partial charge in [0.05, 0.1) is 11.6 Å². The molecule has 156 valence electrons. The normalized spacial score (nSPS) is 24.8. The smallest absolute Gasteiger partial charge is 0.228 e. The summed E-state index contributed by atoms with van der Waals surface area (Å²) in [6.45, 7) is 1.93. The Morgan fingerprint density at radius 2 is 2.03 bits per heavy atom. The molecule has 0 bridgehead atoms. The van der Waals surface area contributed by atoms with E-state index in [1.165, 1.54) is 18.2 Å². The number of ether oxygens (including phenoxy) is 1. The molecule has 0 radical (unpaired) electrons. The van der Waals surface area contributed by atoms with Crippen molar-refractivity contribution in [3.8, 4) is 11.8 Å². The second kappa shape index (κ2) is 7.58. The Hall–Kier alpha value is -3.60. The first-order chi connectivity index (χ1) is 15.0. The number of hydrogen-bond acceptors (Lipinski definition) is 6. The minimum absolute atomic E-state index is 0.0553. The average Bonchev–Trinajstić information content (AvgIpc) is 3.28. The topological polar surface area (TPSA) is 101 Å². The second-order valence-corrected chi connectivity index (χ2v) is 8.28. The predicted octanol–water partition coefficient (Wildman–Crippen LogP) is 3.71. The van der Waals surface area contributed by atoms with Crippen LogP contribution in [0.3, 0.4) is 0 Å². The summed E-state index contributed by atoms with van der Waals surface area (Å²) in [5.41, 5.74) is 0.912.